The number of rotatable bonds is 5. The maximum atomic E-state index is 12.0. The van der Waals surface area contributed by atoms with Gasteiger partial charge in [0.1, 0.15) is 5.75 Å². The Morgan fingerprint density at radius 3 is 2.41 bits per heavy atom. The summed E-state index contributed by atoms with van der Waals surface area (Å²) >= 11 is 3.22. The van der Waals surface area contributed by atoms with Crippen LogP contribution in [0.15, 0.2) is 57.9 Å². The van der Waals surface area contributed by atoms with E-state index in [4.69, 9.17) is 4.74 Å². The second-order valence-electron chi connectivity index (χ2n) is 4.54. The van der Waals surface area contributed by atoms with Gasteiger partial charge >= 0.3 is 0 Å². The van der Waals surface area contributed by atoms with E-state index in [2.05, 4.69) is 15.9 Å². The number of hydrogen-bond donors (Lipinski definition) is 1. The Bertz CT molecular complexity index is 772. The van der Waals surface area contributed by atoms with Crippen LogP contribution in [0.2, 0.25) is 0 Å². The lowest BCUT2D eigenvalue weighted by molar-refractivity contribution is -0.121. The minimum atomic E-state index is -3.89. The first-order valence-corrected chi connectivity index (χ1v) is 8.66. The Hall–Kier alpha value is -1.86. The first kappa shape index (κ1) is 16.5. The van der Waals surface area contributed by atoms with E-state index in [0.29, 0.717) is 5.75 Å². The van der Waals surface area contributed by atoms with Crippen LogP contribution >= 0.6 is 15.9 Å². The number of ether oxygens (including phenoxy) is 1. The van der Waals surface area contributed by atoms with Crippen molar-refractivity contribution in [3.05, 3.63) is 58.6 Å². The molecule has 0 bridgehead atoms. The van der Waals surface area contributed by atoms with Gasteiger partial charge in [0, 0.05) is 4.47 Å². The van der Waals surface area contributed by atoms with Crippen LogP contribution in [-0.2, 0) is 14.8 Å². The van der Waals surface area contributed by atoms with E-state index in [0.717, 1.165) is 10.0 Å². The summed E-state index contributed by atoms with van der Waals surface area (Å²) in [6.07, 6.45) is 0. The Kier molecular flexibility index (Phi) is 5.20. The van der Waals surface area contributed by atoms with Gasteiger partial charge in [-0.3, -0.25) is 4.79 Å². The van der Waals surface area contributed by atoms with Crippen molar-refractivity contribution in [3.8, 4) is 5.75 Å². The van der Waals surface area contributed by atoms with Gasteiger partial charge < -0.3 is 4.74 Å². The summed E-state index contributed by atoms with van der Waals surface area (Å²) in [4.78, 5) is 11.8. The standard InChI is InChI=1S/C15H14BrNO4S/c1-11-4-2-3-5-14(11)21-10-15(18)17-22(19,20)13-8-6-12(16)7-9-13/h2-9H,10H2,1H3,(H,17,18). The molecule has 0 aliphatic rings. The van der Waals surface area contributed by atoms with Gasteiger partial charge in [0.2, 0.25) is 0 Å². The van der Waals surface area contributed by atoms with Crippen molar-refractivity contribution in [3.63, 3.8) is 0 Å². The number of benzene rings is 2. The van der Waals surface area contributed by atoms with Gasteiger partial charge in [0.15, 0.2) is 6.61 Å². The van der Waals surface area contributed by atoms with E-state index in [9.17, 15) is 13.2 Å². The van der Waals surface area contributed by atoms with Crippen LogP contribution in [0.5, 0.6) is 5.75 Å². The van der Waals surface area contributed by atoms with Crippen molar-refractivity contribution < 1.29 is 17.9 Å². The zero-order valence-corrected chi connectivity index (χ0v) is 14.1. The van der Waals surface area contributed by atoms with Gasteiger partial charge in [-0.1, -0.05) is 34.1 Å². The molecule has 5 nitrogen and oxygen atoms in total. The quantitative estimate of drug-likeness (QED) is 0.861. The highest BCUT2D eigenvalue weighted by Crippen LogP contribution is 2.16. The van der Waals surface area contributed by atoms with E-state index < -0.39 is 15.9 Å². The molecule has 2 aromatic carbocycles. The molecule has 0 saturated carbocycles. The molecule has 0 unspecified atom stereocenters. The normalized spacial score (nSPS) is 11.0. The van der Waals surface area contributed by atoms with Crippen LogP contribution in [-0.4, -0.2) is 20.9 Å². The number of amides is 1. The number of nitrogens with one attached hydrogen (secondary N) is 1. The van der Waals surface area contributed by atoms with Crippen LogP contribution in [0, 0.1) is 6.92 Å². The van der Waals surface area contributed by atoms with Crippen LogP contribution in [0.4, 0.5) is 0 Å². The van der Waals surface area contributed by atoms with Gasteiger partial charge in [-0.2, -0.15) is 0 Å². The smallest absolute Gasteiger partial charge is 0.271 e. The number of carbonyl (C=O) groups excluding carboxylic acids is 1. The van der Waals surface area contributed by atoms with Gasteiger partial charge in [-0.05, 0) is 42.8 Å². The van der Waals surface area contributed by atoms with Crippen LogP contribution < -0.4 is 9.46 Å². The minimum absolute atomic E-state index is 0.0138. The Balaban J connectivity index is 1.99. The van der Waals surface area contributed by atoms with Crippen LogP contribution in [0.1, 0.15) is 5.56 Å². The predicted molar refractivity (Wildman–Crippen MR) is 86.1 cm³/mol. The molecule has 0 aliphatic heterocycles. The zero-order chi connectivity index (χ0) is 16.2. The lowest BCUT2D eigenvalue weighted by Gasteiger charge is -2.10. The lowest BCUT2D eigenvalue weighted by Crippen LogP contribution is -2.34. The van der Waals surface area contributed by atoms with Gasteiger partial charge in [0.25, 0.3) is 15.9 Å². The average molecular weight is 384 g/mol. The molecule has 116 valence electrons. The van der Waals surface area contributed by atoms with Crippen molar-refractivity contribution in [2.24, 2.45) is 0 Å². The molecule has 0 aromatic heterocycles. The summed E-state index contributed by atoms with van der Waals surface area (Å²) in [5.74, 6) is -0.190. The van der Waals surface area contributed by atoms with E-state index in [-0.39, 0.29) is 11.5 Å². The summed E-state index contributed by atoms with van der Waals surface area (Å²) in [6, 6.07) is 13.2. The minimum Gasteiger partial charge on any atom is -0.483 e. The molecule has 0 atom stereocenters. The molecule has 0 heterocycles. The van der Waals surface area contributed by atoms with E-state index in [1.807, 2.05) is 23.8 Å². The number of para-hydroxylation sites is 1. The number of halogens is 1. The number of hydrogen-bond acceptors (Lipinski definition) is 4. The Morgan fingerprint density at radius 1 is 1.14 bits per heavy atom. The third kappa shape index (κ3) is 4.32. The molecule has 0 aliphatic carbocycles. The first-order chi connectivity index (χ1) is 10.4. The summed E-state index contributed by atoms with van der Waals surface area (Å²) in [7, 11) is -3.89. The van der Waals surface area contributed by atoms with Crippen molar-refractivity contribution in [1.29, 1.82) is 0 Å². The maximum absolute atomic E-state index is 12.0. The highest BCUT2D eigenvalue weighted by atomic mass is 79.9. The lowest BCUT2D eigenvalue weighted by atomic mass is 10.2. The first-order valence-electron chi connectivity index (χ1n) is 6.38. The number of carbonyl (C=O) groups is 1. The van der Waals surface area contributed by atoms with E-state index >= 15 is 0 Å². The zero-order valence-electron chi connectivity index (χ0n) is 11.7. The molecule has 2 rings (SSSR count). The van der Waals surface area contributed by atoms with Crippen molar-refractivity contribution >= 4 is 31.9 Å². The van der Waals surface area contributed by atoms with Crippen LogP contribution in [0.25, 0.3) is 0 Å². The molecule has 0 fully saturated rings. The van der Waals surface area contributed by atoms with E-state index in [1.165, 1.54) is 12.1 Å². The van der Waals surface area contributed by atoms with Gasteiger partial charge in [-0.15, -0.1) is 0 Å². The second-order valence-corrected chi connectivity index (χ2v) is 7.13. The van der Waals surface area contributed by atoms with Crippen molar-refractivity contribution in [2.75, 3.05) is 6.61 Å². The molecule has 2 aromatic rings. The fraction of sp³-hybridized carbons (Fsp3) is 0.133. The van der Waals surface area contributed by atoms with Gasteiger partial charge in [0.05, 0.1) is 4.90 Å². The molecule has 22 heavy (non-hydrogen) atoms. The largest absolute Gasteiger partial charge is 0.483 e. The average Bonchev–Trinajstić information content (AvgIpc) is 2.46. The monoisotopic (exact) mass is 383 g/mol. The third-order valence-corrected chi connectivity index (χ3v) is 4.74. The molecule has 0 radical (unpaired) electrons. The maximum Gasteiger partial charge on any atom is 0.271 e. The molecule has 1 amide bonds. The molecule has 0 saturated heterocycles. The third-order valence-electron chi connectivity index (χ3n) is 2.82. The van der Waals surface area contributed by atoms with E-state index in [1.54, 1.807) is 24.3 Å². The fourth-order valence-corrected chi connectivity index (χ4v) is 2.95. The molecular weight excluding hydrogens is 370 g/mol. The summed E-state index contributed by atoms with van der Waals surface area (Å²) in [5, 5.41) is 0. The number of aryl methyl sites for hydroxylation is 1. The Morgan fingerprint density at radius 2 is 1.77 bits per heavy atom. The molecule has 1 N–H and O–H groups in total. The molecule has 7 heteroatoms. The summed E-state index contributed by atoms with van der Waals surface area (Å²) < 4.78 is 32.1. The predicted octanol–water partition coefficient (Wildman–Crippen LogP) is 2.64. The topological polar surface area (TPSA) is 72.5 Å². The number of sulfonamides is 1. The summed E-state index contributed by atoms with van der Waals surface area (Å²) in [6.45, 7) is 1.46. The summed E-state index contributed by atoms with van der Waals surface area (Å²) in [5.41, 5.74) is 0.867. The molecule has 0 spiro atoms. The highest BCUT2D eigenvalue weighted by molar-refractivity contribution is 9.10. The van der Waals surface area contributed by atoms with Crippen molar-refractivity contribution in [2.45, 2.75) is 11.8 Å². The highest BCUT2D eigenvalue weighted by Gasteiger charge is 2.17. The SMILES string of the molecule is Cc1ccccc1OCC(=O)NS(=O)(=O)c1ccc(Br)cc1. The van der Waals surface area contributed by atoms with Gasteiger partial charge in [-0.25, -0.2) is 13.1 Å². The van der Waals surface area contributed by atoms with Crippen LogP contribution in [0.3, 0.4) is 0 Å². The Labute approximate surface area is 137 Å². The second kappa shape index (κ2) is 6.93. The molecular formula is C15H14BrNO4S. The van der Waals surface area contributed by atoms with Crippen molar-refractivity contribution in [1.82, 2.24) is 4.72 Å². The fourth-order valence-electron chi connectivity index (χ4n) is 1.71.